The van der Waals surface area contributed by atoms with Crippen molar-refractivity contribution in [3.8, 4) is 5.69 Å². The van der Waals surface area contributed by atoms with E-state index in [4.69, 9.17) is 0 Å². The molecule has 1 aromatic heterocycles. The molecule has 0 aliphatic carbocycles. The maximum Gasteiger partial charge on any atom is 0.332 e. The van der Waals surface area contributed by atoms with Gasteiger partial charge in [-0.15, -0.1) is 0 Å². The Morgan fingerprint density at radius 2 is 1.90 bits per heavy atom. The standard InChI is InChI=1S/C16H19N3O2/c1-11-2-3-13(19-9-6-15(20)18-16(19)21)10-14(11)12-4-7-17-8-5-12/h2-3,6,9-10,12,17H,4-5,7-8H2,1H3,(H,18,20,21). The van der Waals surface area contributed by atoms with E-state index < -0.39 is 5.69 Å². The van der Waals surface area contributed by atoms with Crippen LogP contribution in [0.2, 0.25) is 0 Å². The fraction of sp³-hybridized carbons (Fsp3) is 0.375. The lowest BCUT2D eigenvalue weighted by Crippen LogP contribution is -2.28. The molecule has 2 heterocycles. The van der Waals surface area contributed by atoms with Gasteiger partial charge in [-0.1, -0.05) is 6.07 Å². The van der Waals surface area contributed by atoms with Crippen molar-refractivity contribution in [3.05, 3.63) is 62.4 Å². The molecule has 0 atom stereocenters. The molecule has 5 heteroatoms. The number of nitrogens with zero attached hydrogens (tertiary/aromatic N) is 1. The summed E-state index contributed by atoms with van der Waals surface area (Å²) in [7, 11) is 0. The Labute approximate surface area is 122 Å². The van der Waals surface area contributed by atoms with Gasteiger partial charge in [0.1, 0.15) is 0 Å². The number of hydrogen-bond donors (Lipinski definition) is 2. The van der Waals surface area contributed by atoms with E-state index in [2.05, 4.69) is 23.3 Å². The van der Waals surface area contributed by atoms with Gasteiger partial charge < -0.3 is 5.32 Å². The summed E-state index contributed by atoms with van der Waals surface area (Å²) in [5.41, 5.74) is 2.58. The summed E-state index contributed by atoms with van der Waals surface area (Å²) in [4.78, 5) is 25.4. The van der Waals surface area contributed by atoms with Crippen LogP contribution in [0.25, 0.3) is 5.69 Å². The number of nitrogens with one attached hydrogen (secondary N) is 2. The minimum Gasteiger partial charge on any atom is -0.317 e. The molecule has 0 saturated carbocycles. The molecular weight excluding hydrogens is 266 g/mol. The molecule has 0 bridgehead atoms. The highest BCUT2D eigenvalue weighted by atomic mass is 16.2. The smallest absolute Gasteiger partial charge is 0.317 e. The van der Waals surface area contributed by atoms with Gasteiger partial charge in [-0.05, 0) is 62.0 Å². The fourth-order valence-corrected chi connectivity index (χ4v) is 2.97. The Balaban J connectivity index is 2.04. The average Bonchev–Trinajstić information content (AvgIpc) is 2.49. The maximum atomic E-state index is 11.9. The number of aromatic amines is 1. The molecule has 1 aromatic carbocycles. The van der Waals surface area contributed by atoms with Crippen LogP contribution in [-0.4, -0.2) is 22.6 Å². The van der Waals surface area contributed by atoms with E-state index >= 15 is 0 Å². The predicted molar refractivity (Wildman–Crippen MR) is 82.2 cm³/mol. The molecular formula is C16H19N3O2. The van der Waals surface area contributed by atoms with E-state index in [1.54, 1.807) is 0 Å². The van der Waals surface area contributed by atoms with Crippen molar-refractivity contribution in [1.29, 1.82) is 0 Å². The first-order valence-electron chi connectivity index (χ1n) is 7.29. The lowest BCUT2D eigenvalue weighted by molar-refractivity contribution is 0.459. The van der Waals surface area contributed by atoms with Crippen LogP contribution in [-0.2, 0) is 0 Å². The number of hydrogen-bond acceptors (Lipinski definition) is 3. The first kappa shape index (κ1) is 13.8. The molecule has 5 nitrogen and oxygen atoms in total. The molecule has 1 aliphatic heterocycles. The van der Waals surface area contributed by atoms with E-state index in [-0.39, 0.29) is 5.56 Å². The van der Waals surface area contributed by atoms with E-state index in [0.29, 0.717) is 5.92 Å². The summed E-state index contributed by atoms with van der Waals surface area (Å²) in [5, 5.41) is 3.37. The summed E-state index contributed by atoms with van der Waals surface area (Å²) in [6, 6.07) is 7.40. The third-order valence-corrected chi connectivity index (χ3v) is 4.14. The Morgan fingerprint density at radius 1 is 1.14 bits per heavy atom. The van der Waals surface area contributed by atoms with E-state index in [1.165, 1.54) is 28.0 Å². The van der Waals surface area contributed by atoms with Crippen LogP contribution in [0, 0.1) is 6.92 Å². The molecule has 21 heavy (non-hydrogen) atoms. The quantitative estimate of drug-likeness (QED) is 0.874. The van der Waals surface area contributed by atoms with Crippen molar-refractivity contribution in [2.45, 2.75) is 25.7 Å². The van der Waals surface area contributed by atoms with Crippen molar-refractivity contribution in [2.24, 2.45) is 0 Å². The van der Waals surface area contributed by atoms with Crippen molar-refractivity contribution in [2.75, 3.05) is 13.1 Å². The van der Waals surface area contributed by atoms with Crippen LogP contribution < -0.4 is 16.6 Å². The lowest BCUT2D eigenvalue weighted by Gasteiger charge is -2.25. The molecule has 1 fully saturated rings. The molecule has 2 aromatic rings. The molecule has 1 saturated heterocycles. The SMILES string of the molecule is Cc1ccc(-n2ccc(=O)[nH]c2=O)cc1C1CCNCC1. The Morgan fingerprint density at radius 3 is 2.62 bits per heavy atom. The number of H-pyrrole nitrogens is 1. The molecule has 2 N–H and O–H groups in total. The van der Waals surface area contributed by atoms with Crippen LogP contribution in [0.1, 0.15) is 29.9 Å². The van der Waals surface area contributed by atoms with Gasteiger partial charge in [0, 0.05) is 12.3 Å². The first-order chi connectivity index (χ1) is 10.1. The average molecular weight is 285 g/mol. The van der Waals surface area contributed by atoms with E-state index in [1.807, 2.05) is 12.1 Å². The van der Waals surface area contributed by atoms with Crippen LogP contribution in [0.5, 0.6) is 0 Å². The predicted octanol–water partition coefficient (Wildman–Crippen LogP) is 1.30. The van der Waals surface area contributed by atoms with Gasteiger partial charge in [0.05, 0.1) is 5.69 Å². The normalized spacial score (nSPS) is 16.0. The summed E-state index contributed by atoms with van der Waals surface area (Å²) in [6.07, 6.45) is 3.76. The minimum atomic E-state index is -0.400. The molecule has 0 spiro atoms. The first-order valence-corrected chi connectivity index (χ1v) is 7.29. The van der Waals surface area contributed by atoms with Gasteiger partial charge in [0.15, 0.2) is 0 Å². The van der Waals surface area contributed by atoms with Gasteiger partial charge in [0.25, 0.3) is 5.56 Å². The highest BCUT2D eigenvalue weighted by molar-refractivity contribution is 5.42. The van der Waals surface area contributed by atoms with Gasteiger partial charge in [-0.3, -0.25) is 14.3 Å². The fourth-order valence-electron chi connectivity index (χ4n) is 2.97. The molecule has 0 amide bonds. The van der Waals surface area contributed by atoms with Gasteiger partial charge >= 0.3 is 5.69 Å². The lowest BCUT2D eigenvalue weighted by atomic mass is 9.87. The summed E-state index contributed by atoms with van der Waals surface area (Å²) < 4.78 is 1.48. The number of aromatic nitrogens is 2. The van der Waals surface area contributed by atoms with Crippen molar-refractivity contribution >= 4 is 0 Å². The molecule has 0 radical (unpaired) electrons. The second-order valence-electron chi connectivity index (χ2n) is 5.55. The highest BCUT2D eigenvalue weighted by Crippen LogP contribution is 2.29. The van der Waals surface area contributed by atoms with Crippen molar-refractivity contribution in [3.63, 3.8) is 0 Å². The van der Waals surface area contributed by atoms with Crippen LogP contribution >= 0.6 is 0 Å². The summed E-state index contributed by atoms with van der Waals surface area (Å²) in [6.45, 7) is 4.18. The number of rotatable bonds is 2. The molecule has 110 valence electrons. The van der Waals surface area contributed by atoms with Crippen molar-refractivity contribution < 1.29 is 0 Å². The second-order valence-corrected chi connectivity index (χ2v) is 5.55. The maximum absolute atomic E-state index is 11.9. The summed E-state index contributed by atoms with van der Waals surface area (Å²) in [5.74, 6) is 0.532. The third-order valence-electron chi connectivity index (χ3n) is 4.14. The van der Waals surface area contributed by atoms with Crippen LogP contribution in [0.15, 0.2) is 40.1 Å². The van der Waals surface area contributed by atoms with Crippen LogP contribution in [0.3, 0.4) is 0 Å². The van der Waals surface area contributed by atoms with Gasteiger partial charge in [0.2, 0.25) is 0 Å². The number of benzene rings is 1. The zero-order chi connectivity index (χ0) is 14.8. The summed E-state index contributed by atoms with van der Waals surface area (Å²) >= 11 is 0. The monoisotopic (exact) mass is 285 g/mol. The zero-order valence-corrected chi connectivity index (χ0v) is 12.1. The number of aryl methyl sites for hydroxylation is 1. The van der Waals surface area contributed by atoms with E-state index in [0.717, 1.165) is 31.6 Å². The van der Waals surface area contributed by atoms with Crippen molar-refractivity contribution in [1.82, 2.24) is 14.9 Å². The molecule has 1 aliphatic rings. The number of piperidine rings is 1. The molecule has 3 rings (SSSR count). The largest absolute Gasteiger partial charge is 0.332 e. The second kappa shape index (κ2) is 5.69. The van der Waals surface area contributed by atoms with E-state index in [9.17, 15) is 9.59 Å². The highest BCUT2D eigenvalue weighted by Gasteiger charge is 2.17. The Hall–Kier alpha value is -2.14. The van der Waals surface area contributed by atoms with Gasteiger partial charge in [-0.2, -0.15) is 0 Å². The van der Waals surface area contributed by atoms with Gasteiger partial charge in [-0.25, -0.2) is 4.79 Å². The zero-order valence-electron chi connectivity index (χ0n) is 12.1. The van der Waals surface area contributed by atoms with Crippen LogP contribution in [0.4, 0.5) is 0 Å². The third kappa shape index (κ3) is 2.83. The Bertz CT molecular complexity index is 755. The topological polar surface area (TPSA) is 66.9 Å². The molecule has 0 unspecified atom stereocenters. The minimum absolute atomic E-state index is 0.373. The Kier molecular flexibility index (Phi) is 3.75.